The van der Waals surface area contributed by atoms with Gasteiger partial charge in [0.25, 0.3) is 0 Å². The average Bonchev–Trinajstić information content (AvgIpc) is 2.07. The SMILES string of the molecule is Nc1cc(F)cc2c(=O)ccoc12. The summed E-state index contributed by atoms with van der Waals surface area (Å²) in [5.41, 5.74) is 5.52. The highest BCUT2D eigenvalue weighted by Crippen LogP contribution is 2.19. The molecule has 13 heavy (non-hydrogen) atoms. The molecule has 0 radical (unpaired) electrons. The zero-order valence-corrected chi connectivity index (χ0v) is 6.58. The average molecular weight is 179 g/mol. The van der Waals surface area contributed by atoms with Gasteiger partial charge in [0.05, 0.1) is 17.3 Å². The minimum absolute atomic E-state index is 0.132. The molecule has 0 bridgehead atoms. The summed E-state index contributed by atoms with van der Waals surface area (Å²) in [6.07, 6.45) is 1.24. The highest BCUT2D eigenvalue weighted by Gasteiger charge is 2.05. The van der Waals surface area contributed by atoms with Crippen molar-refractivity contribution in [3.05, 3.63) is 40.5 Å². The van der Waals surface area contributed by atoms with Gasteiger partial charge in [-0.05, 0) is 6.07 Å². The Labute approximate surface area is 72.6 Å². The molecule has 2 N–H and O–H groups in total. The van der Waals surface area contributed by atoms with Gasteiger partial charge >= 0.3 is 0 Å². The molecular formula is C9H6FNO2. The van der Waals surface area contributed by atoms with Gasteiger partial charge in [-0.25, -0.2) is 4.39 Å². The molecule has 1 aromatic heterocycles. The van der Waals surface area contributed by atoms with Crippen LogP contribution in [0.4, 0.5) is 10.1 Å². The van der Waals surface area contributed by atoms with Crippen LogP contribution in [-0.4, -0.2) is 0 Å². The van der Waals surface area contributed by atoms with Crippen LogP contribution in [0, 0.1) is 5.82 Å². The molecule has 1 heterocycles. The Hall–Kier alpha value is -1.84. The Morgan fingerprint density at radius 2 is 2.15 bits per heavy atom. The van der Waals surface area contributed by atoms with Crippen LogP contribution in [0.3, 0.4) is 0 Å². The van der Waals surface area contributed by atoms with E-state index in [2.05, 4.69) is 0 Å². The molecule has 0 unspecified atom stereocenters. The van der Waals surface area contributed by atoms with Crippen LogP contribution in [0.5, 0.6) is 0 Å². The van der Waals surface area contributed by atoms with Gasteiger partial charge in [0.15, 0.2) is 11.0 Å². The zero-order valence-electron chi connectivity index (χ0n) is 6.58. The van der Waals surface area contributed by atoms with Crippen LogP contribution in [0.2, 0.25) is 0 Å². The molecule has 4 heteroatoms. The molecule has 0 saturated carbocycles. The molecule has 0 spiro atoms. The van der Waals surface area contributed by atoms with Crippen molar-refractivity contribution in [2.45, 2.75) is 0 Å². The normalized spacial score (nSPS) is 10.5. The third kappa shape index (κ3) is 1.16. The van der Waals surface area contributed by atoms with Gasteiger partial charge in [0, 0.05) is 12.1 Å². The van der Waals surface area contributed by atoms with Gasteiger partial charge in [-0.15, -0.1) is 0 Å². The van der Waals surface area contributed by atoms with Gasteiger partial charge in [-0.3, -0.25) is 4.79 Å². The number of anilines is 1. The summed E-state index contributed by atoms with van der Waals surface area (Å²) in [5.74, 6) is -0.538. The fourth-order valence-corrected chi connectivity index (χ4v) is 1.18. The second-order valence-electron chi connectivity index (χ2n) is 2.66. The monoisotopic (exact) mass is 179 g/mol. The number of nitrogens with two attached hydrogens (primary N) is 1. The lowest BCUT2D eigenvalue weighted by Crippen LogP contribution is -2.00. The number of benzene rings is 1. The summed E-state index contributed by atoms with van der Waals surface area (Å²) in [4.78, 5) is 11.2. The van der Waals surface area contributed by atoms with E-state index in [-0.39, 0.29) is 22.1 Å². The highest BCUT2D eigenvalue weighted by atomic mass is 19.1. The minimum Gasteiger partial charge on any atom is -0.462 e. The molecule has 1 aromatic carbocycles. The van der Waals surface area contributed by atoms with Crippen molar-refractivity contribution in [3.8, 4) is 0 Å². The van der Waals surface area contributed by atoms with Crippen molar-refractivity contribution in [2.24, 2.45) is 0 Å². The number of hydrogen-bond donors (Lipinski definition) is 1. The van der Waals surface area contributed by atoms with E-state index in [1.165, 1.54) is 12.3 Å². The van der Waals surface area contributed by atoms with E-state index in [1.54, 1.807) is 0 Å². The Balaban J connectivity index is 3.03. The van der Waals surface area contributed by atoms with Crippen molar-refractivity contribution in [1.29, 1.82) is 0 Å². The van der Waals surface area contributed by atoms with Gasteiger partial charge in [-0.1, -0.05) is 0 Å². The Bertz CT molecular complexity index is 518. The third-order valence-electron chi connectivity index (χ3n) is 1.75. The predicted molar refractivity (Wildman–Crippen MR) is 46.9 cm³/mol. The molecular weight excluding hydrogens is 173 g/mol. The van der Waals surface area contributed by atoms with Crippen molar-refractivity contribution in [3.63, 3.8) is 0 Å². The standard InChI is InChI=1S/C9H6FNO2/c10-5-3-6-8(12)1-2-13-9(6)7(11)4-5/h1-4H,11H2. The zero-order chi connectivity index (χ0) is 9.42. The van der Waals surface area contributed by atoms with E-state index in [9.17, 15) is 9.18 Å². The molecule has 2 aromatic rings. The molecule has 0 fully saturated rings. The lowest BCUT2D eigenvalue weighted by Gasteiger charge is -1.99. The smallest absolute Gasteiger partial charge is 0.192 e. The van der Waals surface area contributed by atoms with Crippen LogP contribution < -0.4 is 11.2 Å². The van der Waals surface area contributed by atoms with Crippen LogP contribution in [0.25, 0.3) is 11.0 Å². The van der Waals surface area contributed by atoms with Gasteiger partial charge < -0.3 is 10.2 Å². The van der Waals surface area contributed by atoms with E-state index in [4.69, 9.17) is 10.2 Å². The van der Waals surface area contributed by atoms with Crippen LogP contribution in [-0.2, 0) is 0 Å². The molecule has 0 aliphatic heterocycles. The number of halogens is 1. The second-order valence-corrected chi connectivity index (χ2v) is 2.66. The molecule has 0 atom stereocenters. The first-order valence-electron chi connectivity index (χ1n) is 3.65. The number of hydrogen-bond acceptors (Lipinski definition) is 3. The lowest BCUT2D eigenvalue weighted by atomic mass is 10.2. The maximum absolute atomic E-state index is 12.8. The molecule has 0 saturated heterocycles. The molecule has 3 nitrogen and oxygen atoms in total. The number of nitrogen functional groups attached to an aromatic ring is 1. The first-order valence-corrected chi connectivity index (χ1v) is 3.65. The fourth-order valence-electron chi connectivity index (χ4n) is 1.18. The highest BCUT2D eigenvalue weighted by molar-refractivity contribution is 5.86. The summed E-state index contributed by atoms with van der Waals surface area (Å²) < 4.78 is 17.8. The quantitative estimate of drug-likeness (QED) is 0.623. The Morgan fingerprint density at radius 3 is 2.92 bits per heavy atom. The maximum Gasteiger partial charge on any atom is 0.192 e. The van der Waals surface area contributed by atoms with Gasteiger partial charge in [-0.2, -0.15) is 0 Å². The largest absolute Gasteiger partial charge is 0.462 e. The summed E-state index contributed by atoms with van der Waals surface area (Å²) in [5, 5.41) is 0.167. The summed E-state index contributed by atoms with van der Waals surface area (Å²) >= 11 is 0. The van der Waals surface area contributed by atoms with Crippen molar-refractivity contribution < 1.29 is 8.81 Å². The molecule has 0 aliphatic rings. The lowest BCUT2D eigenvalue weighted by molar-refractivity contribution is 0.598. The number of rotatable bonds is 0. The third-order valence-corrected chi connectivity index (χ3v) is 1.75. The van der Waals surface area contributed by atoms with Gasteiger partial charge in [0.1, 0.15) is 5.82 Å². The summed E-state index contributed by atoms with van der Waals surface area (Å²) in [6, 6.07) is 3.45. The maximum atomic E-state index is 12.8. The molecule has 0 amide bonds. The summed E-state index contributed by atoms with van der Waals surface area (Å²) in [7, 11) is 0. The fraction of sp³-hybridized carbons (Fsp3) is 0. The topological polar surface area (TPSA) is 56.2 Å². The minimum atomic E-state index is -0.538. The molecule has 0 aliphatic carbocycles. The summed E-state index contributed by atoms with van der Waals surface area (Å²) in [6.45, 7) is 0. The van der Waals surface area contributed by atoms with E-state index >= 15 is 0 Å². The predicted octanol–water partition coefficient (Wildman–Crippen LogP) is 1.51. The van der Waals surface area contributed by atoms with Crippen LogP contribution in [0.15, 0.2) is 33.7 Å². The number of fused-ring (bicyclic) bond motifs is 1. The van der Waals surface area contributed by atoms with Crippen LogP contribution in [0.1, 0.15) is 0 Å². The van der Waals surface area contributed by atoms with Crippen molar-refractivity contribution in [1.82, 2.24) is 0 Å². The Morgan fingerprint density at radius 1 is 1.38 bits per heavy atom. The molecule has 2 rings (SSSR count). The van der Waals surface area contributed by atoms with E-state index in [1.807, 2.05) is 0 Å². The van der Waals surface area contributed by atoms with E-state index in [0.29, 0.717) is 0 Å². The van der Waals surface area contributed by atoms with Crippen LogP contribution >= 0.6 is 0 Å². The first kappa shape index (κ1) is 7.79. The Kier molecular flexibility index (Phi) is 1.55. The van der Waals surface area contributed by atoms with Crippen molar-refractivity contribution >= 4 is 16.7 Å². The van der Waals surface area contributed by atoms with E-state index in [0.717, 1.165) is 12.1 Å². The second kappa shape index (κ2) is 2.58. The first-order chi connectivity index (χ1) is 6.18. The van der Waals surface area contributed by atoms with E-state index < -0.39 is 5.82 Å². The molecule has 66 valence electrons. The van der Waals surface area contributed by atoms with Gasteiger partial charge in [0.2, 0.25) is 0 Å². The van der Waals surface area contributed by atoms with Crippen molar-refractivity contribution in [2.75, 3.05) is 5.73 Å².